The zero-order chi connectivity index (χ0) is 19.4. The van der Waals surface area contributed by atoms with Gasteiger partial charge in [-0.25, -0.2) is 0 Å². The number of hydrogen-bond donors (Lipinski definition) is 2. The van der Waals surface area contributed by atoms with Crippen LogP contribution in [0.2, 0.25) is 10.0 Å². The lowest BCUT2D eigenvalue weighted by molar-refractivity contribution is 0.102. The summed E-state index contributed by atoms with van der Waals surface area (Å²) in [5.74, 6) is -0.795. The molecule has 0 aliphatic rings. The molecule has 3 rings (SSSR count). The number of hydrogen-bond acceptors (Lipinski definition) is 5. The number of amides is 2. The van der Waals surface area contributed by atoms with Gasteiger partial charge in [0.2, 0.25) is 5.13 Å². The first-order valence-electron chi connectivity index (χ1n) is 7.97. The van der Waals surface area contributed by atoms with Crippen LogP contribution < -0.4 is 10.6 Å². The molecule has 0 aliphatic heterocycles. The van der Waals surface area contributed by atoms with Crippen molar-refractivity contribution in [1.29, 1.82) is 0 Å². The highest BCUT2D eigenvalue weighted by Gasteiger charge is 2.16. The van der Waals surface area contributed by atoms with E-state index in [1.165, 1.54) is 23.5 Å². The van der Waals surface area contributed by atoms with Gasteiger partial charge in [0.15, 0.2) is 0 Å². The van der Waals surface area contributed by atoms with Crippen molar-refractivity contribution in [3.63, 3.8) is 0 Å². The average Bonchev–Trinajstić information content (AvgIpc) is 3.11. The standard InChI is InChI=1S/C18H14Cl2N4O2S/c1-2-15-23-24-18(27-15)22-17(26)11-5-3-4-6-14(11)21-16(25)10-7-8-12(19)13(20)9-10/h3-9H,2H2,1H3,(H,21,25)(H,22,24,26). The molecule has 0 saturated heterocycles. The molecule has 3 aromatic rings. The Balaban J connectivity index is 1.79. The number of rotatable bonds is 5. The predicted molar refractivity (Wildman–Crippen MR) is 108 cm³/mol. The Bertz CT molecular complexity index is 1010. The summed E-state index contributed by atoms with van der Waals surface area (Å²) >= 11 is 13.1. The molecule has 2 aromatic carbocycles. The molecule has 2 N–H and O–H groups in total. The smallest absolute Gasteiger partial charge is 0.259 e. The van der Waals surface area contributed by atoms with Gasteiger partial charge in [0.25, 0.3) is 11.8 Å². The van der Waals surface area contributed by atoms with Crippen LogP contribution in [0, 0.1) is 0 Å². The van der Waals surface area contributed by atoms with Crippen LogP contribution in [-0.2, 0) is 6.42 Å². The van der Waals surface area contributed by atoms with Gasteiger partial charge in [-0.15, -0.1) is 10.2 Å². The fourth-order valence-corrected chi connectivity index (χ4v) is 3.21. The maximum atomic E-state index is 12.6. The van der Waals surface area contributed by atoms with E-state index in [2.05, 4.69) is 20.8 Å². The first-order valence-corrected chi connectivity index (χ1v) is 9.54. The molecule has 0 radical (unpaired) electrons. The van der Waals surface area contributed by atoms with Crippen LogP contribution in [0.15, 0.2) is 42.5 Å². The van der Waals surface area contributed by atoms with Gasteiger partial charge in [-0.3, -0.25) is 14.9 Å². The molecule has 1 heterocycles. The molecule has 6 nitrogen and oxygen atoms in total. The molecule has 9 heteroatoms. The van der Waals surface area contributed by atoms with Crippen molar-refractivity contribution >= 4 is 57.2 Å². The number of anilines is 2. The van der Waals surface area contributed by atoms with Gasteiger partial charge < -0.3 is 5.32 Å². The van der Waals surface area contributed by atoms with Gasteiger partial charge in [-0.05, 0) is 36.8 Å². The van der Waals surface area contributed by atoms with E-state index in [0.29, 0.717) is 27.0 Å². The van der Waals surface area contributed by atoms with Gasteiger partial charge in [0.05, 0.1) is 21.3 Å². The Morgan fingerprint density at radius 2 is 1.78 bits per heavy atom. The number of aromatic nitrogens is 2. The second-order valence-corrected chi connectivity index (χ2v) is 7.31. The van der Waals surface area contributed by atoms with Crippen LogP contribution in [0.25, 0.3) is 0 Å². The summed E-state index contributed by atoms with van der Waals surface area (Å²) in [5.41, 5.74) is 1.00. The van der Waals surface area contributed by atoms with Crippen molar-refractivity contribution in [2.24, 2.45) is 0 Å². The minimum absolute atomic E-state index is 0.276. The Kier molecular flexibility index (Phi) is 6.05. The number of nitrogens with zero attached hydrogens (tertiary/aromatic N) is 2. The quantitative estimate of drug-likeness (QED) is 0.613. The monoisotopic (exact) mass is 420 g/mol. The molecular formula is C18H14Cl2N4O2S. The first-order chi connectivity index (χ1) is 13.0. The van der Waals surface area contributed by atoms with Crippen LogP contribution in [-0.4, -0.2) is 22.0 Å². The molecule has 138 valence electrons. The van der Waals surface area contributed by atoms with E-state index in [9.17, 15) is 9.59 Å². The van der Waals surface area contributed by atoms with Gasteiger partial charge in [0.1, 0.15) is 5.01 Å². The lowest BCUT2D eigenvalue weighted by Crippen LogP contribution is -2.18. The van der Waals surface area contributed by atoms with Crippen molar-refractivity contribution in [2.75, 3.05) is 10.6 Å². The van der Waals surface area contributed by atoms with Crippen molar-refractivity contribution < 1.29 is 9.59 Å². The van der Waals surface area contributed by atoms with E-state index < -0.39 is 5.91 Å². The van der Waals surface area contributed by atoms with Crippen LogP contribution in [0.1, 0.15) is 32.6 Å². The summed E-state index contributed by atoms with van der Waals surface area (Å²) < 4.78 is 0. The highest BCUT2D eigenvalue weighted by molar-refractivity contribution is 7.15. The molecule has 27 heavy (non-hydrogen) atoms. The van der Waals surface area contributed by atoms with E-state index in [1.54, 1.807) is 30.3 Å². The molecule has 0 atom stereocenters. The fraction of sp³-hybridized carbons (Fsp3) is 0.111. The van der Waals surface area contributed by atoms with E-state index in [-0.39, 0.29) is 10.9 Å². The minimum atomic E-state index is -0.405. The Labute approximate surface area is 169 Å². The molecule has 0 saturated carbocycles. The van der Waals surface area contributed by atoms with E-state index in [1.807, 2.05) is 6.92 Å². The molecular weight excluding hydrogens is 407 g/mol. The minimum Gasteiger partial charge on any atom is -0.321 e. The summed E-state index contributed by atoms with van der Waals surface area (Å²) in [6.07, 6.45) is 0.740. The topological polar surface area (TPSA) is 84.0 Å². The zero-order valence-electron chi connectivity index (χ0n) is 14.1. The second kappa shape index (κ2) is 8.47. The zero-order valence-corrected chi connectivity index (χ0v) is 16.5. The molecule has 0 fully saturated rings. The second-order valence-electron chi connectivity index (χ2n) is 5.44. The third kappa shape index (κ3) is 4.63. The van der Waals surface area contributed by atoms with Crippen molar-refractivity contribution in [3.05, 3.63) is 68.6 Å². The maximum Gasteiger partial charge on any atom is 0.259 e. The number of halogens is 2. The highest BCUT2D eigenvalue weighted by atomic mass is 35.5. The normalized spacial score (nSPS) is 10.5. The summed E-state index contributed by atoms with van der Waals surface area (Å²) in [4.78, 5) is 25.1. The number of carbonyl (C=O) groups is 2. The third-order valence-electron chi connectivity index (χ3n) is 3.59. The molecule has 0 aliphatic carbocycles. The Morgan fingerprint density at radius 1 is 1.00 bits per heavy atom. The molecule has 0 bridgehead atoms. The largest absolute Gasteiger partial charge is 0.321 e. The van der Waals surface area contributed by atoms with Crippen molar-refractivity contribution in [2.45, 2.75) is 13.3 Å². The average molecular weight is 421 g/mol. The lowest BCUT2D eigenvalue weighted by atomic mass is 10.1. The van der Waals surface area contributed by atoms with Crippen LogP contribution in [0.5, 0.6) is 0 Å². The highest BCUT2D eigenvalue weighted by Crippen LogP contribution is 2.24. The van der Waals surface area contributed by atoms with E-state index in [0.717, 1.165) is 11.4 Å². The molecule has 0 spiro atoms. The molecule has 0 unspecified atom stereocenters. The first kappa shape index (κ1) is 19.3. The van der Waals surface area contributed by atoms with Gasteiger partial charge >= 0.3 is 0 Å². The number of benzene rings is 2. The number of para-hydroxylation sites is 1. The summed E-state index contributed by atoms with van der Waals surface area (Å²) in [7, 11) is 0. The van der Waals surface area contributed by atoms with Crippen LogP contribution >= 0.6 is 34.5 Å². The summed E-state index contributed by atoms with van der Waals surface area (Å²) in [6.45, 7) is 1.96. The maximum absolute atomic E-state index is 12.6. The summed E-state index contributed by atoms with van der Waals surface area (Å²) in [6, 6.07) is 11.2. The van der Waals surface area contributed by atoms with Crippen LogP contribution in [0.3, 0.4) is 0 Å². The lowest BCUT2D eigenvalue weighted by Gasteiger charge is -2.11. The fourth-order valence-electron chi connectivity index (χ4n) is 2.23. The Morgan fingerprint density at radius 3 is 2.48 bits per heavy atom. The molecule has 1 aromatic heterocycles. The Hall–Kier alpha value is -2.48. The van der Waals surface area contributed by atoms with Crippen molar-refractivity contribution in [1.82, 2.24) is 10.2 Å². The van der Waals surface area contributed by atoms with Crippen molar-refractivity contribution in [3.8, 4) is 0 Å². The van der Waals surface area contributed by atoms with Gasteiger partial charge in [-0.1, -0.05) is 53.6 Å². The number of carbonyl (C=O) groups excluding carboxylic acids is 2. The SMILES string of the molecule is CCc1nnc(NC(=O)c2ccccc2NC(=O)c2ccc(Cl)c(Cl)c2)s1. The van der Waals surface area contributed by atoms with E-state index >= 15 is 0 Å². The number of nitrogens with one attached hydrogen (secondary N) is 2. The number of aryl methyl sites for hydroxylation is 1. The summed E-state index contributed by atoms with van der Waals surface area (Å²) in [5, 5.41) is 15.2. The van der Waals surface area contributed by atoms with Crippen LogP contribution in [0.4, 0.5) is 10.8 Å². The molecule has 2 amide bonds. The van der Waals surface area contributed by atoms with Gasteiger partial charge in [-0.2, -0.15) is 0 Å². The van der Waals surface area contributed by atoms with E-state index in [4.69, 9.17) is 23.2 Å². The van der Waals surface area contributed by atoms with Gasteiger partial charge in [0, 0.05) is 5.56 Å². The predicted octanol–water partition coefficient (Wildman–Crippen LogP) is 4.91. The third-order valence-corrected chi connectivity index (χ3v) is 5.31.